The lowest BCUT2D eigenvalue weighted by atomic mass is 10.2. The van der Waals surface area contributed by atoms with Gasteiger partial charge in [-0.15, -0.1) is 0 Å². The molecule has 1 aromatic heterocycles. The number of ether oxygens (including phenoxy) is 2. The molecule has 1 aliphatic heterocycles. The summed E-state index contributed by atoms with van der Waals surface area (Å²) < 4.78 is 43.6. The van der Waals surface area contributed by atoms with Crippen molar-refractivity contribution in [1.29, 1.82) is 0 Å². The second kappa shape index (κ2) is 8.20. The van der Waals surface area contributed by atoms with Gasteiger partial charge in [-0.25, -0.2) is 8.42 Å². The van der Waals surface area contributed by atoms with Crippen LogP contribution in [0.3, 0.4) is 0 Å². The summed E-state index contributed by atoms with van der Waals surface area (Å²) in [5.41, 5.74) is 0.621. The first kappa shape index (κ1) is 20.6. The molecule has 0 atom stereocenters. The molecule has 2 aromatic carbocycles. The van der Waals surface area contributed by atoms with Gasteiger partial charge < -0.3 is 19.2 Å². The number of rotatable bonds is 6. The topological polar surface area (TPSA) is 90.7 Å². The van der Waals surface area contributed by atoms with Gasteiger partial charge in [0.2, 0.25) is 26.6 Å². The minimum atomic E-state index is -3.98. The van der Waals surface area contributed by atoms with Crippen molar-refractivity contribution in [1.82, 2.24) is 4.98 Å². The van der Waals surface area contributed by atoms with Gasteiger partial charge in [-0.2, -0.15) is 4.98 Å². The molecule has 0 saturated heterocycles. The Morgan fingerprint density at radius 2 is 1.77 bits per heavy atom. The average molecular weight is 449 g/mol. The number of hydrogen-bond acceptors (Lipinski definition) is 7. The molecule has 0 saturated carbocycles. The summed E-state index contributed by atoms with van der Waals surface area (Å²) >= 11 is 5.95. The van der Waals surface area contributed by atoms with Gasteiger partial charge in [-0.05, 0) is 42.3 Å². The summed E-state index contributed by atoms with van der Waals surface area (Å²) in [6.07, 6.45) is 0. The van der Waals surface area contributed by atoms with E-state index in [-0.39, 0.29) is 27.6 Å². The smallest absolute Gasteiger partial charge is 0.233 e. The number of hydrogen-bond donors (Lipinski definition) is 1. The molecule has 0 bridgehead atoms. The zero-order valence-electron chi connectivity index (χ0n) is 16.5. The van der Waals surface area contributed by atoms with Crippen molar-refractivity contribution < 1.29 is 22.3 Å². The minimum Gasteiger partial charge on any atom is -0.486 e. The van der Waals surface area contributed by atoms with Crippen LogP contribution >= 0.6 is 11.6 Å². The monoisotopic (exact) mass is 448 g/mol. The van der Waals surface area contributed by atoms with E-state index in [0.717, 1.165) is 0 Å². The fourth-order valence-corrected chi connectivity index (χ4v) is 4.33. The first-order valence-electron chi connectivity index (χ1n) is 9.50. The molecule has 0 radical (unpaired) electrons. The average Bonchev–Trinajstić information content (AvgIpc) is 3.17. The zero-order valence-corrected chi connectivity index (χ0v) is 18.1. The van der Waals surface area contributed by atoms with Crippen LogP contribution in [-0.4, -0.2) is 33.2 Å². The van der Waals surface area contributed by atoms with Crippen LogP contribution in [0.5, 0.6) is 11.5 Å². The maximum Gasteiger partial charge on any atom is 0.233 e. The van der Waals surface area contributed by atoms with Crippen molar-refractivity contribution in [2.75, 3.05) is 25.1 Å². The van der Waals surface area contributed by atoms with Crippen LogP contribution in [0.4, 0.5) is 5.88 Å². The van der Waals surface area contributed by atoms with Crippen molar-refractivity contribution in [3.05, 3.63) is 47.5 Å². The number of oxazole rings is 1. The molecule has 2 heterocycles. The number of sulfone groups is 1. The number of anilines is 1. The summed E-state index contributed by atoms with van der Waals surface area (Å²) in [5, 5.41) is 3.45. The van der Waals surface area contributed by atoms with Gasteiger partial charge in [-0.3, -0.25) is 0 Å². The Balaban J connectivity index is 1.78. The standard InChI is InChI=1S/C21H21ClN2O5S/c1-13(2)12-23-20-21(24-19(29-20)14-3-5-15(22)6-4-14)30(25,26)16-7-8-17-18(11-16)28-10-9-27-17/h3-8,11,13,23H,9-10,12H2,1-2H3. The third-order valence-electron chi connectivity index (χ3n) is 4.44. The molecule has 158 valence electrons. The highest BCUT2D eigenvalue weighted by Crippen LogP contribution is 2.37. The zero-order chi connectivity index (χ0) is 21.3. The first-order chi connectivity index (χ1) is 14.3. The number of halogens is 1. The summed E-state index contributed by atoms with van der Waals surface area (Å²) in [6.45, 7) is 5.34. The Morgan fingerprint density at radius 3 is 2.47 bits per heavy atom. The third-order valence-corrected chi connectivity index (χ3v) is 6.35. The fraction of sp³-hybridized carbons (Fsp3) is 0.286. The molecule has 30 heavy (non-hydrogen) atoms. The molecule has 3 aromatic rings. The molecular formula is C21H21ClN2O5S. The molecule has 9 heteroatoms. The van der Waals surface area contributed by atoms with Crippen molar-refractivity contribution in [3.8, 4) is 23.0 Å². The number of aromatic nitrogens is 1. The van der Waals surface area contributed by atoms with Crippen molar-refractivity contribution in [3.63, 3.8) is 0 Å². The maximum absolute atomic E-state index is 13.4. The number of nitrogens with one attached hydrogen (secondary N) is 1. The van der Waals surface area contributed by atoms with Crippen LogP contribution in [0.15, 0.2) is 56.8 Å². The fourth-order valence-electron chi connectivity index (χ4n) is 2.92. The first-order valence-corrected chi connectivity index (χ1v) is 11.4. The second-order valence-electron chi connectivity index (χ2n) is 7.24. The van der Waals surface area contributed by atoms with Crippen LogP contribution in [0, 0.1) is 5.92 Å². The van der Waals surface area contributed by atoms with E-state index in [1.807, 2.05) is 13.8 Å². The lowest BCUT2D eigenvalue weighted by Crippen LogP contribution is -2.16. The maximum atomic E-state index is 13.4. The number of nitrogens with zero attached hydrogens (tertiary/aromatic N) is 1. The highest BCUT2D eigenvalue weighted by Gasteiger charge is 2.30. The SMILES string of the molecule is CC(C)CNc1oc(-c2ccc(Cl)cc2)nc1S(=O)(=O)c1ccc2c(c1)OCCO2. The van der Waals surface area contributed by atoms with Crippen molar-refractivity contribution in [2.45, 2.75) is 23.8 Å². The molecule has 1 N–H and O–H groups in total. The predicted molar refractivity (Wildman–Crippen MR) is 113 cm³/mol. The summed E-state index contributed by atoms with van der Waals surface area (Å²) in [7, 11) is -3.98. The van der Waals surface area contributed by atoms with E-state index in [1.165, 1.54) is 12.1 Å². The van der Waals surface area contributed by atoms with Gasteiger partial charge in [0.1, 0.15) is 13.2 Å². The Kier molecular flexibility index (Phi) is 5.62. The van der Waals surface area contributed by atoms with E-state index in [2.05, 4.69) is 10.3 Å². The van der Waals surface area contributed by atoms with Crippen LogP contribution in [0.1, 0.15) is 13.8 Å². The molecule has 7 nitrogen and oxygen atoms in total. The second-order valence-corrected chi connectivity index (χ2v) is 9.55. The molecule has 0 fully saturated rings. The Labute approximate surface area is 179 Å². The predicted octanol–water partition coefficient (Wildman–Crippen LogP) is 4.67. The van der Waals surface area contributed by atoms with Gasteiger partial charge in [-0.1, -0.05) is 25.4 Å². The normalized spacial score (nSPS) is 13.5. The van der Waals surface area contributed by atoms with Gasteiger partial charge in [0.15, 0.2) is 11.5 Å². The summed E-state index contributed by atoms with van der Waals surface area (Å²) in [4.78, 5) is 4.37. The quantitative estimate of drug-likeness (QED) is 0.586. The lowest BCUT2D eigenvalue weighted by molar-refractivity contribution is 0.171. The van der Waals surface area contributed by atoms with Crippen LogP contribution < -0.4 is 14.8 Å². The summed E-state index contributed by atoms with van der Waals surface area (Å²) in [5.74, 6) is 1.47. The van der Waals surface area contributed by atoms with Gasteiger partial charge >= 0.3 is 0 Å². The molecule has 4 rings (SSSR count). The van der Waals surface area contributed by atoms with E-state index in [1.54, 1.807) is 30.3 Å². The Morgan fingerprint density at radius 1 is 1.07 bits per heavy atom. The van der Waals surface area contributed by atoms with Gasteiger partial charge in [0, 0.05) is 23.2 Å². The largest absolute Gasteiger partial charge is 0.486 e. The van der Waals surface area contributed by atoms with Crippen LogP contribution in [-0.2, 0) is 9.84 Å². The van der Waals surface area contributed by atoms with E-state index < -0.39 is 9.84 Å². The molecule has 1 aliphatic rings. The number of benzene rings is 2. The van der Waals surface area contributed by atoms with Gasteiger partial charge in [0.25, 0.3) is 0 Å². The molecule has 0 unspecified atom stereocenters. The van der Waals surface area contributed by atoms with E-state index >= 15 is 0 Å². The van der Waals surface area contributed by atoms with Crippen molar-refractivity contribution in [2.24, 2.45) is 5.92 Å². The van der Waals surface area contributed by atoms with Crippen LogP contribution in [0.25, 0.3) is 11.5 Å². The highest BCUT2D eigenvalue weighted by molar-refractivity contribution is 7.91. The summed E-state index contributed by atoms with van der Waals surface area (Å²) in [6, 6.07) is 11.3. The Hall–Kier alpha value is -2.71. The highest BCUT2D eigenvalue weighted by atomic mass is 35.5. The minimum absolute atomic E-state index is 0.0512. The lowest BCUT2D eigenvalue weighted by Gasteiger charge is -2.18. The Bertz CT molecular complexity index is 1160. The molecule has 0 amide bonds. The van der Waals surface area contributed by atoms with Crippen LogP contribution in [0.2, 0.25) is 5.02 Å². The van der Waals surface area contributed by atoms with E-state index in [4.69, 9.17) is 25.5 Å². The third kappa shape index (κ3) is 4.11. The number of fused-ring (bicyclic) bond motifs is 1. The molecule has 0 aliphatic carbocycles. The van der Waals surface area contributed by atoms with E-state index in [9.17, 15) is 8.42 Å². The van der Waals surface area contributed by atoms with Crippen molar-refractivity contribution >= 4 is 27.3 Å². The van der Waals surface area contributed by atoms with Gasteiger partial charge in [0.05, 0.1) is 4.90 Å². The van der Waals surface area contributed by atoms with E-state index in [0.29, 0.717) is 41.8 Å². The molecule has 0 spiro atoms. The molecular weight excluding hydrogens is 428 g/mol.